The van der Waals surface area contributed by atoms with E-state index in [4.69, 9.17) is 4.98 Å². The topological polar surface area (TPSA) is 28.2 Å². The maximum atomic E-state index is 4.91. The van der Waals surface area contributed by atoms with Crippen LogP contribution < -0.4 is 10.2 Å². The van der Waals surface area contributed by atoms with E-state index in [9.17, 15) is 0 Å². The van der Waals surface area contributed by atoms with Crippen molar-refractivity contribution in [3.8, 4) is 0 Å². The van der Waals surface area contributed by atoms with Crippen LogP contribution in [0.1, 0.15) is 56.5 Å². The molecule has 0 aromatic carbocycles. The lowest BCUT2D eigenvalue weighted by Crippen LogP contribution is -2.33. The molecule has 1 aromatic rings. The van der Waals surface area contributed by atoms with E-state index in [-0.39, 0.29) is 0 Å². The van der Waals surface area contributed by atoms with E-state index in [0.29, 0.717) is 5.92 Å². The van der Waals surface area contributed by atoms with E-state index in [1.807, 2.05) is 18.4 Å². The average Bonchev–Trinajstić information content (AvgIpc) is 2.83. The SMILES string of the molecule is CCC1CCN(c2nc(C(C)C)c(CNC)s2)CC1. The van der Waals surface area contributed by atoms with Gasteiger partial charge in [0.05, 0.1) is 5.69 Å². The highest BCUT2D eigenvalue weighted by atomic mass is 32.1. The number of anilines is 1. The Bertz CT molecular complexity index is 392. The van der Waals surface area contributed by atoms with Gasteiger partial charge in [-0.1, -0.05) is 27.2 Å². The molecular weight excluding hydrogens is 254 g/mol. The minimum absolute atomic E-state index is 0.515. The quantitative estimate of drug-likeness (QED) is 0.893. The molecule has 1 N–H and O–H groups in total. The maximum Gasteiger partial charge on any atom is 0.185 e. The number of nitrogens with zero attached hydrogens (tertiary/aromatic N) is 2. The second kappa shape index (κ2) is 6.71. The van der Waals surface area contributed by atoms with Crippen molar-refractivity contribution in [1.82, 2.24) is 10.3 Å². The Morgan fingerprint density at radius 2 is 2.05 bits per heavy atom. The molecule has 2 rings (SSSR count). The molecule has 1 aliphatic rings. The summed E-state index contributed by atoms with van der Waals surface area (Å²) in [4.78, 5) is 8.80. The fourth-order valence-corrected chi connectivity index (χ4v) is 4.04. The summed E-state index contributed by atoms with van der Waals surface area (Å²) in [6, 6.07) is 0. The van der Waals surface area contributed by atoms with Crippen molar-refractivity contribution in [2.45, 2.75) is 52.5 Å². The first-order valence-electron chi connectivity index (χ1n) is 7.54. The van der Waals surface area contributed by atoms with Crippen molar-refractivity contribution in [1.29, 1.82) is 0 Å². The molecule has 0 atom stereocenters. The predicted molar refractivity (Wildman–Crippen MR) is 84.2 cm³/mol. The molecule has 0 saturated carbocycles. The number of hydrogen-bond donors (Lipinski definition) is 1. The zero-order chi connectivity index (χ0) is 13.8. The van der Waals surface area contributed by atoms with Gasteiger partial charge in [-0.3, -0.25) is 0 Å². The van der Waals surface area contributed by atoms with Gasteiger partial charge in [0, 0.05) is 24.5 Å². The number of aromatic nitrogens is 1. The summed E-state index contributed by atoms with van der Waals surface area (Å²) in [5.74, 6) is 1.44. The summed E-state index contributed by atoms with van der Waals surface area (Å²) in [5, 5.41) is 4.50. The predicted octanol–water partition coefficient (Wildman–Crippen LogP) is 3.61. The highest BCUT2D eigenvalue weighted by Gasteiger charge is 2.22. The van der Waals surface area contributed by atoms with Crippen LogP contribution in [-0.4, -0.2) is 25.1 Å². The second-order valence-electron chi connectivity index (χ2n) is 5.83. The monoisotopic (exact) mass is 281 g/mol. The Balaban J connectivity index is 2.10. The van der Waals surface area contributed by atoms with Crippen molar-refractivity contribution < 1.29 is 0 Å². The van der Waals surface area contributed by atoms with Crippen molar-refractivity contribution >= 4 is 16.5 Å². The van der Waals surface area contributed by atoms with Crippen molar-refractivity contribution in [2.24, 2.45) is 5.92 Å². The van der Waals surface area contributed by atoms with Gasteiger partial charge in [0.25, 0.3) is 0 Å². The van der Waals surface area contributed by atoms with Gasteiger partial charge in [-0.25, -0.2) is 4.98 Å². The number of hydrogen-bond acceptors (Lipinski definition) is 4. The number of piperidine rings is 1. The first-order valence-corrected chi connectivity index (χ1v) is 8.36. The Morgan fingerprint density at radius 1 is 1.37 bits per heavy atom. The average molecular weight is 281 g/mol. The van der Waals surface area contributed by atoms with E-state index in [0.717, 1.165) is 12.5 Å². The molecule has 1 aliphatic heterocycles. The van der Waals surface area contributed by atoms with Crippen molar-refractivity contribution in [3.63, 3.8) is 0 Å². The first-order chi connectivity index (χ1) is 9.15. The minimum Gasteiger partial charge on any atom is -0.348 e. The summed E-state index contributed by atoms with van der Waals surface area (Å²) >= 11 is 1.88. The molecule has 1 fully saturated rings. The highest BCUT2D eigenvalue weighted by molar-refractivity contribution is 7.15. The van der Waals surface area contributed by atoms with Crippen LogP contribution in [0.2, 0.25) is 0 Å². The molecule has 4 heteroatoms. The Hall–Kier alpha value is -0.610. The molecule has 0 unspecified atom stereocenters. The van der Waals surface area contributed by atoms with Gasteiger partial charge in [-0.2, -0.15) is 0 Å². The molecule has 3 nitrogen and oxygen atoms in total. The normalized spacial score (nSPS) is 17.4. The fraction of sp³-hybridized carbons (Fsp3) is 0.800. The lowest BCUT2D eigenvalue weighted by molar-refractivity contribution is 0.395. The molecule has 0 bridgehead atoms. The zero-order valence-corrected chi connectivity index (χ0v) is 13.5. The van der Waals surface area contributed by atoms with Crippen LogP contribution >= 0.6 is 11.3 Å². The smallest absolute Gasteiger partial charge is 0.185 e. The molecule has 19 heavy (non-hydrogen) atoms. The van der Waals surface area contributed by atoms with Gasteiger partial charge in [0.1, 0.15) is 0 Å². The van der Waals surface area contributed by atoms with Gasteiger partial charge < -0.3 is 10.2 Å². The van der Waals surface area contributed by atoms with Gasteiger partial charge >= 0.3 is 0 Å². The Kier molecular flexibility index (Phi) is 5.22. The fourth-order valence-electron chi connectivity index (χ4n) is 2.76. The van der Waals surface area contributed by atoms with Crippen LogP contribution in [0.25, 0.3) is 0 Å². The van der Waals surface area contributed by atoms with Crippen LogP contribution in [0.15, 0.2) is 0 Å². The molecular formula is C15H27N3S. The second-order valence-corrected chi connectivity index (χ2v) is 6.89. The van der Waals surface area contributed by atoms with Gasteiger partial charge in [0.2, 0.25) is 0 Å². The molecule has 0 radical (unpaired) electrons. The third-order valence-electron chi connectivity index (χ3n) is 4.06. The summed E-state index contributed by atoms with van der Waals surface area (Å²) in [7, 11) is 2.01. The Morgan fingerprint density at radius 3 is 2.58 bits per heavy atom. The molecule has 1 aromatic heterocycles. The van der Waals surface area contributed by atoms with E-state index < -0.39 is 0 Å². The lowest BCUT2D eigenvalue weighted by Gasteiger charge is -2.31. The van der Waals surface area contributed by atoms with Gasteiger partial charge in [-0.15, -0.1) is 11.3 Å². The van der Waals surface area contributed by atoms with Crippen LogP contribution in [0.3, 0.4) is 0 Å². The van der Waals surface area contributed by atoms with Crippen LogP contribution in [-0.2, 0) is 6.54 Å². The van der Waals surface area contributed by atoms with Crippen LogP contribution in [0.4, 0.5) is 5.13 Å². The van der Waals surface area contributed by atoms with E-state index in [1.54, 1.807) is 0 Å². The molecule has 0 spiro atoms. The minimum atomic E-state index is 0.515. The lowest BCUT2D eigenvalue weighted by atomic mass is 9.95. The van der Waals surface area contributed by atoms with Crippen molar-refractivity contribution in [3.05, 3.63) is 10.6 Å². The first kappa shape index (κ1) is 14.8. The zero-order valence-electron chi connectivity index (χ0n) is 12.7. The third-order valence-corrected chi connectivity index (χ3v) is 5.19. The van der Waals surface area contributed by atoms with E-state index in [1.165, 1.54) is 48.1 Å². The van der Waals surface area contributed by atoms with E-state index >= 15 is 0 Å². The molecule has 0 amide bonds. The summed E-state index contributed by atoms with van der Waals surface area (Å²) < 4.78 is 0. The molecule has 2 heterocycles. The third kappa shape index (κ3) is 3.48. The standard InChI is InChI=1S/C15H27N3S/c1-5-12-6-8-18(9-7-12)15-17-14(11(2)3)13(19-15)10-16-4/h11-12,16H,5-10H2,1-4H3. The van der Waals surface area contributed by atoms with Crippen molar-refractivity contribution in [2.75, 3.05) is 25.0 Å². The van der Waals surface area contributed by atoms with Gasteiger partial charge in [-0.05, 0) is 31.7 Å². The number of thiazole rings is 1. The molecule has 0 aliphatic carbocycles. The Labute approximate surface area is 121 Å². The molecule has 1 saturated heterocycles. The highest BCUT2D eigenvalue weighted by Crippen LogP contribution is 2.33. The maximum absolute atomic E-state index is 4.91. The summed E-state index contributed by atoms with van der Waals surface area (Å²) in [5.41, 5.74) is 1.28. The number of rotatable bonds is 5. The number of nitrogens with one attached hydrogen (secondary N) is 1. The summed E-state index contributed by atoms with van der Waals surface area (Å²) in [6.45, 7) is 10.1. The largest absolute Gasteiger partial charge is 0.348 e. The summed E-state index contributed by atoms with van der Waals surface area (Å²) in [6.07, 6.45) is 3.98. The van der Waals surface area contributed by atoms with Crippen LogP contribution in [0, 0.1) is 5.92 Å². The molecule has 108 valence electrons. The van der Waals surface area contributed by atoms with Crippen LogP contribution in [0.5, 0.6) is 0 Å². The van der Waals surface area contributed by atoms with E-state index in [2.05, 4.69) is 31.0 Å². The van der Waals surface area contributed by atoms with Gasteiger partial charge in [0.15, 0.2) is 5.13 Å².